The lowest BCUT2D eigenvalue weighted by atomic mass is 10.2. The van der Waals surface area contributed by atoms with Crippen molar-refractivity contribution in [1.82, 2.24) is 4.98 Å². The number of halogens is 4. The number of nitrogens with one attached hydrogen (secondary N) is 1. The summed E-state index contributed by atoms with van der Waals surface area (Å²) < 4.78 is 53.6. The second-order valence-corrected chi connectivity index (χ2v) is 6.27. The summed E-state index contributed by atoms with van der Waals surface area (Å²) in [6.45, 7) is 1.67. The molecule has 0 aliphatic carbocycles. The van der Waals surface area contributed by atoms with E-state index in [-0.39, 0.29) is 19.0 Å². The number of hydrogen-bond acceptors (Lipinski definition) is 7. The standard InChI is InChI=1S/C18H17BrF3N3O4/c1-3-28-17(26)10-29-15-7-13(19)11(6-14(15)27-2)8-24-25-16-5-4-12(9-23-16)18(20,21)22/h4-9H,3,10H2,1-2H3,(H,23,25)/b24-8-. The number of hydrogen-bond donors (Lipinski definition) is 1. The maximum Gasteiger partial charge on any atom is 0.417 e. The Labute approximate surface area is 173 Å². The van der Waals surface area contributed by atoms with E-state index in [0.717, 1.165) is 6.07 Å². The van der Waals surface area contributed by atoms with Crippen molar-refractivity contribution in [3.63, 3.8) is 0 Å². The first-order valence-corrected chi connectivity index (χ1v) is 9.02. The Bertz CT molecular complexity index is 874. The van der Waals surface area contributed by atoms with E-state index in [1.807, 2.05) is 0 Å². The molecule has 0 aliphatic heterocycles. The summed E-state index contributed by atoms with van der Waals surface area (Å²) >= 11 is 3.35. The third kappa shape index (κ3) is 6.63. The van der Waals surface area contributed by atoms with Gasteiger partial charge in [-0.05, 0) is 47.1 Å². The molecule has 0 radical (unpaired) electrons. The van der Waals surface area contributed by atoms with Crippen LogP contribution in [0.1, 0.15) is 18.1 Å². The number of anilines is 1. The SMILES string of the molecule is CCOC(=O)COc1cc(Br)c(/C=N\Nc2ccc(C(F)(F)F)cn2)cc1OC. The molecular weight excluding hydrogens is 459 g/mol. The molecule has 0 spiro atoms. The number of pyridine rings is 1. The monoisotopic (exact) mass is 475 g/mol. The Morgan fingerprint density at radius 2 is 2.07 bits per heavy atom. The summed E-state index contributed by atoms with van der Waals surface area (Å²) in [5.74, 6) is 0.310. The van der Waals surface area contributed by atoms with Crippen LogP contribution in [0.3, 0.4) is 0 Å². The topological polar surface area (TPSA) is 82.0 Å². The second kappa shape index (κ2) is 10.1. The predicted octanol–water partition coefficient (Wildman–Crippen LogP) is 4.26. The van der Waals surface area contributed by atoms with Gasteiger partial charge >= 0.3 is 12.1 Å². The van der Waals surface area contributed by atoms with Gasteiger partial charge < -0.3 is 14.2 Å². The lowest BCUT2D eigenvalue weighted by Gasteiger charge is -2.12. The number of rotatable bonds is 8. The van der Waals surface area contributed by atoms with Gasteiger partial charge in [0, 0.05) is 16.2 Å². The Hall–Kier alpha value is -2.82. The van der Waals surface area contributed by atoms with Gasteiger partial charge in [-0.2, -0.15) is 18.3 Å². The van der Waals surface area contributed by atoms with Crippen LogP contribution in [0.5, 0.6) is 11.5 Å². The Kier molecular flexibility index (Phi) is 7.82. The van der Waals surface area contributed by atoms with Crippen molar-refractivity contribution < 1.29 is 32.2 Å². The third-order valence-corrected chi connectivity index (χ3v) is 4.09. The van der Waals surface area contributed by atoms with Crippen LogP contribution in [-0.2, 0) is 15.7 Å². The molecule has 156 valence electrons. The second-order valence-electron chi connectivity index (χ2n) is 5.42. The molecule has 7 nitrogen and oxygen atoms in total. The molecule has 0 unspecified atom stereocenters. The van der Waals surface area contributed by atoms with Gasteiger partial charge in [0.05, 0.1) is 25.5 Å². The van der Waals surface area contributed by atoms with Gasteiger partial charge in [0.1, 0.15) is 5.82 Å². The molecule has 0 bridgehead atoms. The summed E-state index contributed by atoms with van der Waals surface area (Å²) in [4.78, 5) is 15.1. The highest BCUT2D eigenvalue weighted by Gasteiger charge is 2.30. The summed E-state index contributed by atoms with van der Waals surface area (Å²) in [6.07, 6.45) is -2.32. The van der Waals surface area contributed by atoms with Gasteiger partial charge in [-0.25, -0.2) is 9.78 Å². The predicted molar refractivity (Wildman–Crippen MR) is 103 cm³/mol. The average molecular weight is 476 g/mol. The van der Waals surface area contributed by atoms with Crippen molar-refractivity contribution in [3.8, 4) is 11.5 Å². The van der Waals surface area contributed by atoms with Crippen molar-refractivity contribution in [2.24, 2.45) is 5.10 Å². The summed E-state index contributed by atoms with van der Waals surface area (Å²) in [5, 5.41) is 3.95. The van der Waals surface area contributed by atoms with Crippen LogP contribution in [0.25, 0.3) is 0 Å². The molecule has 0 saturated heterocycles. The molecule has 0 aliphatic rings. The smallest absolute Gasteiger partial charge is 0.417 e. The summed E-state index contributed by atoms with van der Waals surface area (Å²) in [6, 6.07) is 5.27. The maximum absolute atomic E-state index is 12.5. The normalized spacial score (nSPS) is 11.4. The molecule has 0 fully saturated rings. The molecule has 2 aromatic rings. The number of ether oxygens (including phenoxy) is 3. The van der Waals surface area contributed by atoms with E-state index in [0.29, 0.717) is 27.7 Å². The van der Waals surface area contributed by atoms with Gasteiger partial charge in [0.2, 0.25) is 0 Å². The van der Waals surface area contributed by atoms with E-state index < -0.39 is 17.7 Å². The number of hydrazone groups is 1. The van der Waals surface area contributed by atoms with E-state index in [1.54, 1.807) is 19.1 Å². The number of benzene rings is 1. The molecule has 1 aromatic heterocycles. The third-order valence-electron chi connectivity index (χ3n) is 3.41. The van der Waals surface area contributed by atoms with Gasteiger partial charge in [-0.15, -0.1) is 0 Å². The molecule has 0 saturated carbocycles. The van der Waals surface area contributed by atoms with Crippen LogP contribution in [0, 0.1) is 0 Å². The van der Waals surface area contributed by atoms with Crippen molar-refractivity contribution in [2.45, 2.75) is 13.1 Å². The van der Waals surface area contributed by atoms with Gasteiger partial charge in [0.15, 0.2) is 18.1 Å². The number of carbonyl (C=O) groups excluding carboxylic acids is 1. The zero-order valence-electron chi connectivity index (χ0n) is 15.4. The molecule has 1 aromatic carbocycles. The van der Waals surface area contributed by atoms with Crippen LogP contribution >= 0.6 is 15.9 Å². The first-order chi connectivity index (χ1) is 13.7. The number of methoxy groups -OCH3 is 1. The highest BCUT2D eigenvalue weighted by atomic mass is 79.9. The molecule has 2 rings (SSSR count). The van der Waals surface area contributed by atoms with Crippen molar-refractivity contribution >= 4 is 33.9 Å². The lowest BCUT2D eigenvalue weighted by molar-refractivity contribution is -0.145. The molecule has 1 N–H and O–H groups in total. The largest absolute Gasteiger partial charge is 0.493 e. The Balaban J connectivity index is 2.07. The zero-order chi connectivity index (χ0) is 21.4. The van der Waals surface area contributed by atoms with Gasteiger partial charge in [0.25, 0.3) is 0 Å². The van der Waals surface area contributed by atoms with Crippen molar-refractivity contribution in [3.05, 3.63) is 46.1 Å². The minimum atomic E-state index is -4.45. The van der Waals surface area contributed by atoms with E-state index in [2.05, 4.69) is 31.4 Å². The molecule has 1 heterocycles. The Morgan fingerprint density at radius 1 is 1.31 bits per heavy atom. The fourth-order valence-electron chi connectivity index (χ4n) is 2.06. The van der Waals surface area contributed by atoms with Gasteiger partial charge in [-0.1, -0.05) is 0 Å². The molecule has 29 heavy (non-hydrogen) atoms. The number of aromatic nitrogens is 1. The quantitative estimate of drug-likeness (QED) is 0.349. The fourth-order valence-corrected chi connectivity index (χ4v) is 2.48. The van der Waals surface area contributed by atoms with E-state index >= 15 is 0 Å². The maximum atomic E-state index is 12.5. The zero-order valence-corrected chi connectivity index (χ0v) is 17.0. The number of carbonyl (C=O) groups is 1. The van der Waals surface area contributed by atoms with Gasteiger partial charge in [-0.3, -0.25) is 5.43 Å². The average Bonchev–Trinajstić information content (AvgIpc) is 2.67. The van der Waals surface area contributed by atoms with Crippen LogP contribution in [0.4, 0.5) is 19.0 Å². The molecule has 0 atom stereocenters. The molecule has 0 amide bonds. The van der Waals surface area contributed by atoms with E-state index in [4.69, 9.17) is 14.2 Å². The van der Waals surface area contributed by atoms with Crippen molar-refractivity contribution in [1.29, 1.82) is 0 Å². The highest BCUT2D eigenvalue weighted by molar-refractivity contribution is 9.10. The van der Waals surface area contributed by atoms with Crippen molar-refractivity contribution in [2.75, 3.05) is 25.7 Å². The minimum Gasteiger partial charge on any atom is -0.493 e. The first-order valence-electron chi connectivity index (χ1n) is 8.23. The number of esters is 1. The summed E-state index contributed by atoms with van der Waals surface area (Å²) in [7, 11) is 1.44. The fraction of sp³-hybridized carbons (Fsp3) is 0.278. The van der Waals surface area contributed by atoms with Crippen LogP contribution in [0.15, 0.2) is 40.0 Å². The van der Waals surface area contributed by atoms with Crippen LogP contribution in [0.2, 0.25) is 0 Å². The van der Waals surface area contributed by atoms with E-state index in [1.165, 1.54) is 19.4 Å². The van der Waals surface area contributed by atoms with Crippen LogP contribution < -0.4 is 14.9 Å². The number of alkyl halides is 3. The highest BCUT2D eigenvalue weighted by Crippen LogP contribution is 2.33. The molecule has 11 heteroatoms. The van der Waals surface area contributed by atoms with E-state index in [9.17, 15) is 18.0 Å². The molecular formula is C18H17BrF3N3O4. The number of nitrogens with zero attached hydrogens (tertiary/aromatic N) is 2. The Morgan fingerprint density at radius 3 is 2.66 bits per heavy atom. The van der Waals surface area contributed by atoms with Crippen LogP contribution in [-0.4, -0.2) is 37.5 Å². The minimum absolute atomic E-state index is 0.145. The summed E-state index contributed by atoms with van der Waals surface area (Å²) in [5.41, 5.74) is 2.28. The lowest BCUT2D eigenvalue weighted by Crippen LogP contribution is -2.15. The first kappa shape index (κ1) is 22.5.